The Labute approximate surface area is 141 Å². The highest BCUT2D eigenvalue weighted by molar-refractivity contribution is 5.74. The molecule has 0 aliphatic rings. The van der Waals surface area contributed by atoms with Gasteiger partial charge in [0.2, 0.25) is 0 Å². The third kappa shape index (κ3) is 2.73. The van der Waals surface area contributed by atoms with E-state index in [4.69, 9.17) is 15.1 Å². The van der Waals surface area contributed by atoms with Gasteiger partial charge in [-0.05, 0) is 60.6 Å². The molecule has 1 heterocycles. The second-order valence-electron chi connectivity index (χ2n) is 4.64. The number of benzene rings is 2. The number of rotatable bonds is 2. The van der Waals surface area contributed by atoms with Gasteiger partial charge in [0.05, 0.1) is 12.5 Å². The molecule has 0 aliphatic carbocycles. The predicted octanol–water partition coefficient (Wildman–Crippen LogP) is 5.34. The Morgan fingerprint density at radius 2 is 1.71 bits per heavy atom. The van der Waals surface area contributed by atoms with Crippen LogP contribution in [0, 0.1) is 20.6 Å². The first-order valence-electron chi connectivity index (χ1n) is 11.8. The first-order chi connectivity index (χ1) is 14.6. The molecule has 0 saturated heterocycles. The molecule has 1 nitrogen and oxygen atoms in total. The summed E-state index contributed by atoms with van der Waals surface area (Å²) in [4.78, 5) is 4.20. The third-order valence-corrected chi connectivity index (χ3v) is 3.20. The molecule has 0 aliphatic heterocycles. The van der Waals surface area contributed by atoms with Gasteiger partial charge in [-0.2, -0.15) is 0 Å². The van der Waals surface area contributed by atoms with Crippen LogP contribution in [-0.2, 0) is 0 Å². The van der Waals surface area contributed by atoms with Crippen molar-refractivity contribution in [2.75, 3.05) is 0 Å². The zero-order chi connectivity index (χ0) is 24.2. The second kappa shape index (κ2) is 5.53. The maximum absolute atomic E-state index is 8.25. The minimum absolute atomic E-state index is 0.0288. The molecule has 0 saturated carbocycles. The normalized spacial score (nSPS) is 19.4. The highest BCUT2D eigenvalue weighted by Crippen LogP contribution is 2.29. The monoisotopic (exact) mass is 284 g/mol. The molecule has 0 spiro atoms. The fourth-order valence-corrected chi connectivity index (χ4v) is 2.01. The van der Waals surface area contributed by atoms with Crippen LogP contribution in [0.2, 0.25) is 0 Å². The molecule has 0 amide bonds. The van der Waals surface area contributed by atoms with Crippen LogP contribution in [0.15, 0.2) is 60.7 Å². The second-order valence-corrected chi connectivity index (χ2v) is 4.64. The van der Waals surface area contributed by atoms with Gasteiger partial charge < -0.3 is 0 Å². The topological polar surface area (TPSA) is 12.9 Å². The van der Waals surface area contributed by atoms with Gasteiger partial charge in [0.15, 0.2) is 0 Å². The van der Waals surface area contributed by atoms with Crippen LogP contribution in [0.5, 0.6) is 0 Å². The van der Waals surface area contributed by atoms with E-state index >= 15 is 0 Å². The Kier molecular flexibility index (Phi) is 1.52. The van der Waals surface area contributed by atoms with E-state index in [0.717, 1.165) is 0 Å². The number of aromatic nitrogens is 1. The number of hydrogen-bond acceptors (Lipinski definition) is 1. The van der Waals surface area contributed by atoms with Gasteiger partial charge in [0.25, 0.3) is 0 Å². The van der Waals surface area contributed by atoms with Gasteiger partial charge in [-0.25, -0.2) is 0 Å². The lowest BCUT2D eigenvalue weighted by Gasteiger charge is -2.10. The van der Waals surface area contributed by atoms with E-state index in [1.165, 1.54) is 24.4 Å². The van der Waals surface area contributed by atoms with Gasteiger partial charge in [-0.1, -0.05) is 42.3 Å². The highest BCUT2D eigenvalue weighted by Gasteiger charge is 2.06. The van der Waals surface area contributed by atoms with Crippen LogP contribution in [0.25, 0.3) is 22.4 Å². The maximum Gasteiger partial charge on any atom is 0.0705 e. The average Bonchev–Trinajstić information content (AvgIpc) is 2.69. The SMILES string of the molecule is [2H]c1c([2H])c([2H])c(-c2cc(-c3cc(C)c(C([2H])([2H])[2H])cn3)ccc2C([2H])([2H])[2H])c([2H])c1[2H]. The summed E-state index contributed by atoms with van der Waals surface area (Å²) in [6, 6.07) is 3.03. The van der Waals surface area contributed by atoms with Crippen molar-refractivity contribution in [3.8, 4) is 22.4 Å². The fraction of sp³-hybridized carbons (Fsp3) is 0.150. The zero-order valence-electron chi connectivity index (χ0n) is 22.3. The Morgan fingerprint density at radius 1 is 0.905 bits per heavy atom. The van der Waals surface area contributed by atoms with E-state index in [0.29, 0.717) is 16.8 Å². The van der Waals surface area contributed by atoms with Gasteiger partial charge in [-0.3, -0.25) is 4.98 Å². The summed E-state index contributed by atoms with van der Waals surface area (Å²) in [6.07, 6.45) is 1.24. The first kappa shape index (κ1) is 5.76. The van der Waals surface area contributed by atoms with E-state index in [1.807, 2.05) is 0 Å². The predicted molar refractivity (Wildman–Crippen MR) is 89.3 cm³/mol. The molecule has 1 aromatic heterocycles. The summed E-state index contributed by atoms with van der Waals surface area (Å²) in [5, 5.41) is 0. The molecular weight excluding hydrogens is 254 g/mol. The minimum Gasteiger partial charge on any atom is -0.256 e. The van der Waals surface area contributed by atoms with Crippen molar-refractivity contribution in [3.05, 3.63) is 77.4 Å². The lowest BCUT2D eigenvalue weighted by molar-refractivity contribution is 1.22. The molecule has 21 heavy (non-hydrogen) atoms. The van der Waals surface area contributed by atoms with E-state index < -0.39 is 43.9 Å². The first-order valence-corrected chi connectivity index (χ1v) is 6.34. The van der Waals surface area contributed by atoms with Crippen molar-refractivity contribution in [1.29, 1.82) is 0 Å². The van der Waals surface area contributed by atoms with E-state index in [-0.39, 0.29) is 22.3 Å². The maximum atomic E-state index is 8.25. The van der Waals surface area contributed by atoms with Crippen molar-refractivity contribution in [2.24, 2.45) is 0 Å². The van der Waals surface area contributed by atoms with Crippen molar-refractivity contribution < 1.29 is 15.1 Å². The zero-order valence-corrected chi connectivity index (χ0v) is 11.3. The minimum atomic E-state index is -2.61. The standard InChI is InChI=1S/C20H19N/c1-14-9-10-18(20-11-15(2)16(3)13-21-20)12-19(14)17-7-5-4-6-8-17/h4-13H,1-3H3/i1D3,3D3,4D,5D,6D,7D,8D. The molecule has 0 unspecified atom stereocenters. The largest absolute Gasteiger partial charge is 0.256 e. The number of nitrogens with zero attached hydrogens (tertiary/aromatic N) is 1. The van der Waals surface area contributed by atoms with Crippen molar-refractivity contribution in [2.45, 2.75) is 20.6 Å². The Hall–Kier alpha value is -2.41. The molecule has 0 bridgehead atoms. The summed E-state index contributed by atoms with van der Waals surface area (Å²) in [5.41, 5.74) is 0.918. The van der Waals surface area contributed by atoms with Crippen molar-refractivity contribution >= 4 is 0 Å². The van der Waals surface area contributed by atoms with Crippen molar-refractivity contribution in [1.82, 2.24) is 4.98 Å². The summed E-state index contributed by atoms with van der Waals surface area (Å²) >= 11 is 0. The molecule has 0 atom stereocenters. The van der Waals surface area contributed by atoms with E-state index in [9.17, 15) is 0 Å². The number of pyridine rings is 1. The molecule has 3 aromatic rings. The Morgan fingerprint density at radius 3 is 2.43 bits per heavy atom. The molecule has 3 rings (SSSR count). The number of aryl methyl sites for hydroxylation is 3. The van der Waals surface area contributed by atoms with E-state index in [1.54, 1.807) is 13.0 Å². The van der Waals surface area contributed by atoms with Crippen LogP contribution in [0.1, 0.15) is 31.8 Å². The quantitative estimate of drug-likeness (QED) is 0.619. The lowest BCUT2D eigenvalue weighted by atomic mass is 9.96. The molecule has 0 fully saturated rings. The van der Waals surface area contributed by atoms with Crippen LogP contribution in [0.3, 0.4) is 0 Å². The summed E-state index contributed by atoms with van der Waals surface area (Å²) in [5.74, 6) is 0. The Balaban J connectivity index is 2.32. The molecular formula is C20H19N. The van der Waals surface area contributed by atoms with Gasteiger partial charge in [-0.15, -0.1) is 0 Å². The highest BCUT2D eigenvalue weighted by atomic mass is 14.7. The van der Waals surface area contributed by atoms with Gasteiger partial charge in [0, 0.05) is 20.0 Å². The Bertz CT molecular complexity index is 1180. The third-order valence-electron chi connectivity index (χ3n) is 3.20. The van der Waals surface area contributed by atoms with Crippen LogP contribution in [0.4, 0.5) is 0 Å². The summed E-state index contributed by atoms with van der Waals surface area (Å²) < 4.78 is 86.4. The fourth-order valence-electron chi connectivity index (χ4n) is 2.01. The average molecular weight is 284 g/mol. The smallest absolute Gasteiger partial charge is 0.0705 e. The summed E-state index contributed by atoms with van der Waals surface area (Å²) in [7, 11) is 0. The molecule has 0 radical (unpaired) electrons. The van der Waals surface area contributed by atoms with Crippen LogP contribution in [-0.4, -0.2) is 4.98 Å². The molecule has 0 N–H and O–H groups in total. The van der Waals surface area contributed by atoms with Crippen LogP contribution >= 0.6 is 0 Å². The summed E-state index contributed by atoms with van der Waals surface area (Å²) in [6.45, 7) is -3.31. The molecule has 1 heteroatoms. The number of hydrogen-bond donors (Lipinski definition) is 0. The molecule has 104 valence electrons. The van der Waals surface area contributed by atoms with E-state index in [2.05, 4.69) is 4.98 Å². The lowest BCUT2D eigenvalue weighted by Crippen LogP contribution is -1.90. The van der Waals surface area contributed by atoms with Gasteiger partial charge in [0.1, 0.15) is 0 Å². The molecule has 2 aromatic carbocycles. The van der Waals surface area contributed by atoms with Gasteiger partial charge >= 0.3 is 0 Å². The van der Waals surface area contributed by atoms with Crippen molar-refractivity contribution in [3.63, 3.8) is 0 Å². The van der Waals surface area contributed by atoms with Crippen LogP contribution < -0.4 is 0 Å².